The summed E-state index contributed by atoms with van der Waals surface area (Å²) < 4.78 is 5.39. The van der Waals surface area contributed by atoms with Crippen LogP contribution in [0.5, 0.6) is 0 Å². The number of hydrogen-bond donors (Lipinski definition) is 0. The monoisotopic (exact) mass is 298 g/mol. The van der Waals surface area contributed by atoms with Crippen LogP contribution in [0, 0.1) is 11.8 Å². The smallest absolute Gasteiger partial charge is 0.309 e. The van der Waals surface area contributed by atoms with Crippen LogP contribution >= 0.6 is 0 Å². The van der Waals surface area contributed by atoms with E-state index in [9.17, 15) is 9.59 Å². The molecule has 0 aromatic carbocycles. The Hall–Kier alpha value is -0.860. The van der Waals surface area contributed by atoms with Crippen molar-refractivity contribution in [1.29, 1.82) is 0 Å². The first-order chi connectivity index (χ1) is 10.1. The predicted octanol–water partition coefficient (Wildman–Crippen LogP) is 4.92. The van der Waals surface area contributed by atoms with Crippen molar-refractivity contribution in [3.63, 3.8) is 0 Å². The van der Waals surface area contributed by atoms with Gasteiger partial charge in [-0.1, -0.05) is 59.8 Å². The van der Waals surface area contributed by atoms with E-state index in [1.165, 1.54) is 25.7 Å². The molecule has 124 valence electrons. The molecule has 21 heavy (non-hydrogen) atoms. The minimum atomic E-state index is -0.262. The van der Waals surface area contributed by atoms with E-state index in [-0.39, 0.29) is 23.6 Å². The third kappa shape index (κ3) is 8.23. The van der Waals surface area contributed by atoms with E-state index in [0.29, 0.717) is 19.4 Å². The molecule has 0 bridgehead atoms. The van der Waals surface area contributed by atoms with Crippen molar-refractivity contribution in [3.05, 3.63) is 0 Å². The quantitative estimate of drug-likeness (QED) is 0.358. The molecule has 0 N–H and O–H groups in total. The van der Waals surface area contributed by atoms with Gasteiger partial charge in [-0.25, -0.2) is 0 Å². The third-order valence-corrected chi connectivity index (χ3v) is 4.17. The van der Waals surface area contributed by atoms with Crippen molar-refractivity contribution in [2.45, 2.75) is 85.5 Å². The Morgan fingerprint density at radius 2 is 1.38 bits per heavy atom. The number of esters is 1. The third-order valence-electron chi connectivity index (χ3n) is 4.17. The Kier molecular flexibility index (Phi) is 12.3. The summed E-state index contributed by atoms with van der Waals surface area (Å²) in [6.45, 7) is 8.50. The minimum Gasteiger partial charge on any atom is -0.465 e. The number of hydrogen-bond acceptors (Lipinski definition) is 3. The van der Waals surface area contributed by atoms with Crippen LogP contribution in [0.3, 0.4) is 0 Å². The van der Waals surface area contributed by atoms with Gasteiger partial charge in [0, 0.05) is 12.3 Å². The SMILES string of the molecule is CCCCCCCCOC(=O)C(CC)C(CC)C(=O)CC. The summed E-state index contributed by atoms with van der Waals surface area (Å²) in [7, 11) is 0. The van der Waals surface area contributed by atoms with Gasteiger partial charge in [0.1, 0.15) is 5.78 Å². The number of rotatable bonds is 13. The lowest BCUT2D eigenvalue weighted by molar-refractivity contribution is -0.153. The van der Waals surface area contributed by atoms with Gasteiger partial charge in [-0.3, -0.25) is 9.59 Å². The van der Waals surface area contributed by atoms with Crippen LogP contribution in [-0.4, -0.2) is 18.4 Å². The predicted molar refractivity (Wildman–Crippen MR) is 87.2 cm³/mol. The van der Waals surface area contributed by atoms with E-state index in [4.69, 9.17) is 4.74 Å². The topological polar surface area (TPSA) is 43.4 Å². The van der Waals surface area contributed by atoms with Gasteiger partial charge in [-0.2, -0.15) is 0 Å². The highest BCUT2D eigenvalue weighted by Gasteiger charge is 2.30. The molecule has 3 nitrogen and oxygen atoms in total. The van der Waals surface area contributed by atoms with Crippen molar-refractivity contribution in [2.24, 2.45) is 11.8 Å². The van der Waals surface area contributed by atoms with Gasteiger partial charge in [-0.15, -0.1) is 0 Å². The van der Waals surface area contributed by atoms with E-state index >= 15 is 0 Å². The van der Waals surface area contributed by atoms with Crippen LogP contribution in [-0.2, 0) is 14.3 Å². The number of carbonyl (C=O) groups is 2. The van der Waals surface area contributed by atoms with Gasteiger partial charge in [0.2, 0.25) is 0 Å². The Bertz CT molecular complexity index is 286. The Morgan fingerprint density at radius 1 is 0.810 bits per heavy atom. The van der Waals surface area contributed by atoms with Crippen LogP contribution in [0.1, 0.15) is 85.5 Å². The molecule has 0 aliphatic heterocycles. The zero-order chi connectivity index (χ0) is 16.1. The zero-order valence-electron chi connectivity index (χ0n) is 14.5. The molecule has 2 unspecified atom stereocenters. The molecule has 0 aromatic heterocycles. The largest absolute Gasteiger partial charge is 0.465 e. The number of carbonyl (C=O) groups excluding carboxylic acids is 2. The van der Waals surface area contributed by atoms with E-state index in [2.05, 4.69) is 6.92 Å². The summed E-state index contributed by atoms with van der Waals surface area (Å²) in [4.78, 5) is 24.1. The molecular formula is C18H34O3. The van der Waals surface area contributed by atoms with Gasteiger partial charge in [0.15, 0.2) is 0 Å². The van der Waals surface area contributed by atoms with Crippen molar-refractivity contribution < 1.29 is 14.3 Å². The summed E-state index contributed by atoms with van der Waals surface area (Å²) in [6.07, 6.45) is 8.97. The first-order valence-corrected chi connectivity index (χ1v) is 8.81. The molecule has 0 heterocycles. The maximum atomic E-state index is 12.2. The van der Waals surface area contributed by atoms with Gasteiger partial charge < -0.3 is 4.74 Å². The molecule has 0 rings (SSSR count). The molecule has 0 amide bonds. The lowest BCUT2D eigenvalue weighted by Gasteiger charge is -2.22. The maximum absolute atomic E-state index is 12.2. The lowest BCUT2D eigenvalue weighted by atomic mass is 9.84. The number of Topliss-reactive ketones (excluding diaryl/α,β-unsaturated/α-hetero) is 1. The summed E-state index contributed by atoms with van der Waals surface area (Å²) in [5, 5.41) is 0. The standard InChI is InChI=1S/C18H34O3/c1-5-9-10-11-12-13-14-21-18(20)16(7-3)15(6-2)17(19)8-4/h15-16H,5-14H2,1-4H3. The summed E-state index contributed by atoms with van der Waals surface area (Å²) in [5.74, 6) is -0.430. The highest BCUT2D eigenvalue weighted by molar-refractivity contribution is 5.86. The summed E-state index contributed by atoms with van der Waals surface area (Å²) in [6, 6.07) is 0. The maximum Gasteiger partial charge on any atom is 0.309 e. The summed E-state index contributed by atoms with van der Waals surface area (Å²) in [5.41, 5.74) is 0. The van der Waals surface area contributed by atoms with Crippen molar-refractivity contribution in [1.82, 2.24) is 0 Å². The first-order valence-electron chi connectivity index (χ1n) is 8.81. The molecule has 2 atom stereocenters. The van der Waals surface area contributed by atoms with E-state index in [1.54, 1.807) is 0 Å². The molecule has 0 saturated heterocycles. The molecule has 0 aromatic rings. The van der Waals surface area contributed by atoms with Gasteiger partial charge >= 0.3 is 5.97 Å². The molecule has 0 saturated carbocycles. The van der Waals surface area contributed by atoms with E-state index in [1.807, 2.05) is 20.8 Å². The number of unbranched alkanes of at least 4 members (excludes halogenated alkanes) is 5. The fourth-order valence-corrected chi connectivity index (χ4v) is 2.78. The zero-order valence-corrected chi connectivity index (χ0v) is 14.5. The van der Waals surface area contributed by atoms with Gasteiger partial charge in [0.25, 0.3) is 0 Å². The van der Waals surface area contributed by atoms with E-state index < -0.39 is 0 Å². The normalized spacial score (nSPS) is 13.7. The molecular weight excluding hydrogens is 264 g/mol. The van der Waals surface area contributed by atoms with E-state index in [0.717, 1.165) is 19.3 Å². The second-order valence-corrected chi connectivity index (χ2v) is 5.78. The van der Waals surface area contributed by atoms with Gasteiger partial charge in [0.05, 0.1) is 12.5 Å². The van der Waals surface area contributed by atoms with Crippen molar-refractivity contribution in [2.75, 3.05) is 6.61 Å². The number of ketones is 1. The Labute approximate surface area is 130 Å². The molecule has 0 aliphatic rings. The Balaban J connectivity index is 4.07. The van der Waals surface area contributed by atoms with Crippen LogP contribution in [0.15, 0.2) is 0 Å². The van der Waals surface area contributed by atoms with Crippen LogP contribution in [0.2, 0.25) is 0 Å². The fourth-order valence-electron chi connectivity index (χ4n) is 2.78. The average Bonchev–Trinajstić information content (AvgIpc) is 2.50. The second kappa shape index (κ2) is 12.8. The first kappa shape index (κ1) is 20.1. The van der Waals surface area contributed by atoms with Crippen LogP contribution < -0.4 is 0 Å². The van der Waals surface area contributed by atoms with Gasteiger partial charge in [-0.05, 0) is 19.3 Å². The fraction of sp³-hybridized carbons (Fsp3) is 0.889. The Morgan fingerprint density at radius 3 is 1.90 bits per heavy atom. The van der Waals surface area contributed by atoms with Crippen molar-refractivity contribution >= 4 is 11.8 Å². The highest BCUT2D eigenvalue weighted by Crippen LogP contribution is 2.23. The molecule has 0 fully saturated rings. The summed E-state index contributed by atoms with van der Waals surface area (Å²) >= 11 is 0. The highest BCUT2D eigenvalue weighted by atomic mass is 16.5. The lowest BCUT2D eigenvalue weighted by Crippen LogP contribution is -2.30. The molecule has 3 heteroatoms. The second-order valence-electron chi connectivity index (χ2n) is 5.78. The number of ether oxygens (including phenoxy) is 1. The van der Waals surface area contributed by atoms with Crippen LogP contribution in [0.25, 0.3) is 0 Å². The molecule has 0 aliphatic carbocycles. The van der Waals surface area contributed by atoms with Crippen molar-refractivity contribution in [3.8, 4) is 0 Å². The molecule has 0 spiro atoms. The minimum absolute atomic E-state index is 0.169. The average molecular weight is 298 g/mol. The van der Waals surface area contributed by atoms with Crippen LogP contribution in [0.4, 0.5) is 0 Å². The molecule has 0 radical (unpaired) electrons.